The molecule has 0 bridgehead atoms. The molecule has 10 heteroatoms. The number of benzene rings is 3. The second-order valence-corrected chi connectivity index (χ2v) is 9.52. The Balaban J connectivity index is 1.26. The van der Waals surface area contributed by atoms with Gasteiger partial charge < -0.3 is 25.4 Å². The first-order valence-corrected chi connectivity index (χ1v) is 12.8. The topological polar surface area (TPSA) is 104 Å². The zero-order valence-corrected chi connectivity index (χ0v) is 22.5. The van der Waals surface area contributed by atoms with Gasteiger partial charge in [0, 0.05) is 53.0 Å². The molecule has 0 atom stereocenters. The third kappa shape index (κ3) is 7.00. The van der Waals surface area contributed by atoms with Crippen molar-refractivity contribution in [1.29, 1.82) is 0 Å². The normalized spacial score (nSPS) is 11.2. The summed E-state index contributed by atoms with van der Waals surface area (Å²) in [7, 11) is 3.83. The van der Waals surface area contributed by atoms with Crippen LogP contribution in [0.5, 0.6) is 0 Å². The fraction of sp³-hybridized carbons (Fsp3) is 0.0968. The van der Waals surface area contributed by atoms with Crippen LogP contribution in [0.3, 0.4) is 0 Å². The maximum Gasteiger partial charge on any atom is 0.255 e. The predicted molar refractivity (Wildman–Crippen MR) is 159 cm³/mol. The molecular weight excluding hydrogens is 521 g/mol. The second kappa shape index (κ2) is 12.2. The van der Waals surface area contributed by atoms with Gasteiger partial charge in [-0.15, -0.1) is 0 Å². The number of anilines is 4. The van der Waals surface area contributed by atoms with Gasteiger partial charge in [0.2, 0.25) is 11.9 Å². The Morgan fingerprint density at radius 3 is 2.54 bits per heavy atom. The molecule has 0 unspecified atom stereocenters. The molecule has 5 aromatic rings. The summed E-state index contributed by atoms with van der Waals surface area (Å²) >= 11 is 0. The van der Waals surface area contributed by atoms with Crippen LogP contribution in [0.4, 0.5) is 27.4 Å². The predicted octanol–water partition coefficient (Wildman–Crippen LogP) is 5.61. The molecule has 3 N–H and O–H groups in total. The summed E-state index contributed by atoms with van der Waals surface area (Å²) in [6.45, 7) is 0.646. The van der Waals surface area contributed by atoms with Crippen LogP contribution in [0, 0.1) is 5.82 Å². The zero-order valence-electron chi connectivity index (χ0n) is 22.5. The fourth-order valence-corrected chi connectivity index (χ4v) is 4.14. The number of nitrogens with one attached hydrogen (secondary N) is 3. The van der Waals surface area contributed by atoms with Crippen LogP contribution in [0.25, 0.3) is 16.7 Å². The zero-order chi connectivity index (χ0) is 28.8. The highest BCUT2D eigenvalue weighted by Crippen LogP contribution is 2.23. The summed E-state index contributed by atoms with van der Waals surface area (Å²) in [6.07, 6.45) is 6.67. The lowest BCUT2D eigenvalue weighted by Gasteiger charge is -2.11. The Bertz CT molecular complexity index is 1750. The van der Waals surface area contributed by atoms with Gasteiger partial charge in [-0.2, -0.15) is 4.98 Å². The number of likely N-dealkylation sites (N-methyl/N-ethyl adjacent to an activating group) is 1. The molecule has 3 aromatic carbocycles. The number of carbonyl (C=O) groups is 2. The highest BCUT2D eigenvalue weighted by atomic mass is 19.1. The number of nitrogens with zero attached hydrogens (tertiary/aromatic N) is 4. The lowest BCUT2D eigenvalue weighted by Crippen LogP contribution is -2.14. The average Bonchev–Trinajstić information content (AvgIpc) is 3.36. The first kappa shape index (κ1) is 27.2. The third-order valence-electron chi connectivity index (χ3n) is 6.05. The van der Waals surface area contributed by atoms with E-state index in [0.29, 0.717) is 46.5 Å². The van der Waals surface area contributed by atoms with Gasteiger partial charge in [-0.3, -0.25) is 9.59 Å². The number of amides is 2. The average molecular weight is 550 g/mol. The molecule has 0 fully saturated rings. The van der Waals surface area contributed by atoms with Crippen molar-refractivity contribution in [2.45, 2.75) is 0 Å². The SMILES string of the molecule is CN(C)C/C=C/C(=O)Nc1cccc(C(=O)Nc2cccc(Nc3nccc(-n4ccc5ccc(F)cc54)n3)c2)c1. The summed E-state index contributed by atoms with van der Waals surface area (Å²) in [5.41, 5.74) is 2.83. The lowest BCUT2D eigenvalue weighted by molar-refractivity contribution is -0.111. The molecule has 206 valence electrons. The smallest absolute Gasteiger partial charge is 0.255 e. The van der Waals surface area contributed by atoms with Gasteiger partial charge in [-0.25, -0.2) is 9.37 Å². The first-order chi connectivity index (χ1) is 19.8. The molecule has 0 spiro atoms. The van der Waals surface area contributed by atoms with E-state index >= 15 is 0 Å². The van der Waals surface area contributed by atoms with Crippen LogP contribution in [-0.2, 0) is 4.79 Å². The van der Waals surface area contributed by atoms with Crippen LogP contribution in [0.1, 0.15) is 10.4 Å². The van der Waals surface area contributed by atoms with Gasteiger partial charge in [-0.1, -0.05) is 18.2 Å². The summed E-state index contributed by atoms with van der Waals surface area (Å²) in [6, 6.07) is 22.1. The van der Waals surface area contributed by atoms with Crippen molar-refractivity contribution >= 4 is 45.7 Å². The highest BCUT2D eigenvalue weighted by molar-refractivity contribution is 6.06. The number of aromatic nitrogens is 3. The van der Waals surface area contributed by atoms with E-state index in [1.54, 1.807) is 71.4 Å². The van der Waals surface area contributed by atoms with E-state index in [1.807, 2.05) is 37.3 Å². The monoisotopic (exact) mass is 549 g/mol. The van der Waals surface area contributed by atoms with Crippen molar-refractivity contribution in [2.75, 3.05) is 36.6 Å². The number of hydrogen-bond donors (Lipinski definition) is 3. The molecule has 2 aromatic heterocycles. The largest absolute Gasteiger partial charge is 0.324 e. The molecule has 0 aliphatic carbocycles. The van der Waals surface area contributed by atoms with Crippen molar-refractivity contribution < 1.29 is 14.0 Å². The first-order valence-electron chi connectivity index (χ1n) is 12.8. The van der Waals surface area contributed by atoms with Crippen molar-refractivity contribution in [3.05, 3.63) is 115 Å². The van der Waals surface area contributed by atoms with Crippen molar-refractivity contribution in [2.24, 2.45) is 0 Å². The Morgan fingerprint density at radius 2 is 1.71 bits per heavy atom. The summed E-state index contributed by atoms with van der Waals surface area (Å²) < 4.78 is 15.6. The Kier molecular flexibility index (Phi) is 8.12. The third-order valence-corrected chi connectivity index (χ3v) is 6.05. The van der Waals surface area contributed by atoms with E-state index in [0.717, 1.165) is 5.39 Å². The number of hydrogen-bond acceptors (Lipinski definition) is 6. The number of fused-ring (bicyclic) bond motifs is 1. The minimum absolute atomic E-state index is 0.272. The van der Waals surface area contributed by atoms with E-state index in [2.05, 4.69) is 25.9 Å². The Hall–Kier alpha value is -5.35. The fourth-order valence-electron chi connectivity index (χ4n) is 4.14. The van der Waals surface area contributed by atoms with Crippen LogP contribution in [0.2, 0.25) is 0 Å². The molecular formula is C31H28FN7O2. The van der Waals surface area contributed by atoms with Gasteiger partial charge in [0.25, 0.3) is 5.91 Å². The molecule has 41 heavy (non-hydrogen) atoms. The molecule has 2 heterocycles. The van der Waals surface area contributed by atoms with Gasteiger partial charge in [0.1, 0.15) is 11.6 Å². The number of rotatable bonds is 9. The Labute approximate surface area is 236 Å². The van der Waals surface area contributed by atoms with Crippen LogP contribution < -0.4 is 16.0 Å². The maximum atomic E-state index is 13.8. The van der Waals surface area contributed by atoms with Gasteiger partial charge in [-0.05, 0) is 80.8 Å². The van der Waals surface area contributed by atoms with Crippen molar-refractivity contribution in [3.63, 3.8) is 0 Å². The maximum absolute atomic E-state index is 13.8. The highest BCUT2D eigenvalue weighted by Gasteiger charge is 2.10. The molecule has 0 saturated carbocycles. The van der Waals surface area contributed by atoms with Gasteiger partial charge >= 0.3 is 0 Å². The summed E-state index contributed by atoms with van der Waals surface area (Å²) in [4.78, 5) is 35.9. The van der Waals surface area contributed by atoms with Gasteiger partial charge in [0.05, 0.1) is 5.52 Å². The number of halogens is 1. The minimum atomic E-state index is -0.327. The summed E-state index contributed by atoms with van der Waals surface area (Å²) in [5, 5.41) is 9.70. The molecule has 2 amide bonds. The molecule has 0 radical (unpaired) electrons. The lowest BCUT2D eigenvalue weighted by atomic mass is 10.1. The van der Waals surface area contributed by atoms with E-state index < -0.39 is 0 Å². The van der Waals surface area contributed by atoms with Crippen molar-refractivity contribution in [1.82, 2.24) is 19.4 Å². The van der Waals surface area contributed by atoms with Crippen molar-refractivity contribution in [3.8, 4) is 5.82 Å². The minimum Gasteiger partial charge on any atom is -0.324 e. The summed E-state index contributed by atoms with van der Waals surface area (Å²) in [5.74, 6) is -0.00838. The molecule has 5 rings (SSSR count). The van der Waals surface area contributed by atoms with E-state index in [4.69, 9.17) is 0 Å². The standard InChI is InChI=1S/C31H28FN7O2/c1-38(2)16-5-10-29(40)34-24-7-3-6-22(18-24)30(41)35-25-8-4-9-26(20-25)36-31-33-15-13-28(37-31)39-17-14-21-11-12-23(32)19-27(21)39/h3-15,17-20H,16H2,1-2H3,(H,34,40)(H,35,41)(H,33,36,37)/b10-5+. The van der Waals surface area contributed by atoms with Crippen LogP contribution in [-0.4, -0.2) is 51.9 Å². The molecule has 0 aliphatic rings. The second-order valence-electron chi connectivity index (χ2n) is 9.52. The molecule has 0 aliphatic heterocycles. The van der Waals surface area contributed by atoms with E-state index in [9.17, 15) is 14.0 Å². The molecule has 0 saturated heterocycles. The van der Waals surface area contributed by atoms with E-state index in [1.165, 1.54) is 18.2 Å². The van der Waals surface area contributed by atoms with Crippen LogP contribution in [0.15, 0.2) is 103 Å². The van der Waals surface area contributed by atoms with Gasteiger partial charge in [0.15, 0.2) is 0 Å². The van der Waals surface area contributed by atoms with E-state index in [-0.39, 0.29) is 17.6 Å². The quantitative estimate of drug-likeness (QED) is 0.207. The van der Waals surface area contributed by atoms with Crippen LogP contribution >= 0.6 is 0 Å². The Morgan fingerprint density at radius 1 is 0.927 bits per heavy atom. The number of carbonyl (C=O) groups excluding carboxylic acids is 2. The molecule has 9 nitrogen and oxygen atoms in total.